The van der Waals surface area contributed by atoms with Crippen molar-refractivity contribution in [1.29, 1.82) is 0 Å². The highest BCUT2D eigenvalue weighted by Crippen LogP contribution is 2.28. The van der Waals surface area contributed by atoms with E-state index in [2.05, 4.69) is 34.7 Å². The first-order valence-corrected chi connectivity index (χ1v) is 10.2. The summed E-state index contributed by atoms with van der Waals surface area (Å²) in [5.74, 6) is 1.34. The summed E-state index contributed by atoms with van der Waals surface area (Å²) in [6, 6.07) is 29.6. The first kappa shape index (κ1) is 20.4. The average molecular weight is 412 g/mol. The van der Waals surface area contributed by atoms with Crippen molar-refractivity contribution in [3.05, 3.63) is 108 Å². The Bertz CT molecular complexity index is 1080. The molecule has 0 fully saturated rings. The molecule has 0 radical (unpaired) electrons. The Morgan fingerprint density at radius 3 is 2.26 bits per heavy atom. The highest BCUT2D eigenvalue weighted by molar-refractivity contribution is 5.77. The zero-order valence-electron chi connectivity index (χ0n) is 17.3. The summed E-state index contributed by atoms with van der Waals surface area (Å²) in [6.45, 7) is 0.308. The third-order valence-electron chi connectivity index (χ3n) is 5.17. The Labute approximate surface area is 181 Å². The van der Waals surface area contributed by atoms with Crippen molar-refractivity contribution in [2.75, 3.05) is 7.11 Å². The van der Waals surface area contributed by atoms with Gasteiger partial charge >= 0.3 is 0 Å². The molecule has 5 nitrogen and oxygen atoms in total. The third kappa shape index (κ3) is 5.20. The summed E-state index contributed by atoms with van der Waals surface area (Å²) < 4.78 is 10.7. The van der Waals surface area contributed by atoms with Crippen LogP contribution in [-0.2, 0) is 11.3 Å². The standard InChI is InChI=1S/C26H24N2O3/c1-30-23-14-8-13-21(15-23)25-16-22(28-31-25)18-27-26(29)17-24(19-9-4-2-5-10-19)20-11-6-3-7-12-20/h2-16,24H,17-18H2,1H3,(H,27,29). The van der Waals surface area contributed by atoms with Gasteiger partial charge in [-0.3, -0.25) is 4.79 Å². The van der Waals surface area contributed by atoms with Crippen molar-refractivity contribution < 1.29 is 14.1 Å². The van der Waals surface area contributed by atoms with E-state index >= 15 is 0 Å². The molecule has 5 heteroatoms. The van der Waals surface area contributed by atoms with Crippen molar-refractivity contribution in [2.24, 2.45) is 0 Å². The molecule has 31 heavy (non-hydrogen) atoms. The summed E-state index contributed by atoms with van der Waals surface area (Å²) >= 11 is 0. The average Bonchev–Trinajstić information content (AvgIpc) is 3.31. The van der Waals surface area contributed by atoms with E-state index in [-0.39, 0.29) is 11.8 Å². The van der Waals surface area contributed by atoms with Crippen LogP contribution in [0, 0.1) is 0 Å². The van der Waals surface area contributed by atoms with Crippen LogP contribution in [0.5, 0.6) is 5.75 Å². The van der Waals surface area contributed by atoms with Gasteiger partial charge in [0.1, 0.15) is 11.4 Å². The second-order valence-electron chi connectivity index (χ2n) is 7.27. The number of nitrogens with zero attached hydrogens (tertiary/aromatic N) is 1. The number of carbonyl (C=O) groups is 1. The van der Waals surface area contributed by atoms with Crippen molar-refractivity contribution in [3.63, 3.8) is 0 Å². The lowest BCUT2D eigenvalue weighted by atomic mass is 9.88. The number of rotatable bonds is 8. The Balaban J connectivity index is 1.42. The lowest BCUT2D eigenvalue weighted by Crippen LogP contribution is -2.25. The molecule has 0 aliphatic carbocycles. The second kappa shape index (κ2) is 9.76. The number of hydrogen-bond acceptors (Lipinski definition) is 4. The molecule has 0 atom stereocenters. The van der Waals surface area contributed by atoms with E-state index in [1.807, 2.05) is 66.7 Å². The quantitative estimate of drug-likeness (QED) is 0.433. The minimum Gasteiger partial charge on any atom is -0.497 e. The predicted octanol–water partition coefficient (Wildman–Crippen LogP) is 5.19. The van der Waals surface area contributed by atoms with E-state index < -0.39 is 0 Å². The van der Waals surface area contributed by atoms with Crippen LogP contribution in [0.3, 0.4) is 0 Å². The van der Waals surface area contributed by atoms with Gasteiger partial charge < -0.3 is 14.6 Å². The van der Waals surface area contributed by atoms with Crippen molar-refractivity contribution in [1.82, 2.24) is 10.5 Å². The van der Waals surface area contributed by atoms with Crippen molar-refractivity contribution >= 4 is 5.91 Å². The predicted molar refractivity (Wildman–Crippen MR) is 120 cm³/mol. The molecular formula is C26H24N2O3. The van der Waals surface area contributed by atoms with Gasteiger partial charge in [0.05, 0.1) is 13.7 Å². The molecule has 4 aromatic rings. The lowest BCUT2D eigenvalue weighted by molar-refractivity contribution is -0.121. The second-order valence-corrected chi connectivity index (χ2v) is 7.27. The fourth-order valence-corrected chi connectivity index (χ4v) is 3.55. The SMILES string of the molecule is COc1cccc(-c2cc(CNC(=O)CC(c3ccccc3)c3ccccc3)no2)c1. The van der Waals surface area contributed by atoms with Gasteiger partial charge in [-0.25, -0.2) is 0 Å². The number of nitrogens with one attached hydrogen (secondary N) is 1. The Morgan fingerprint density at radius 1 is 0.935 bits per heavy atom. The minimum atomic E-state index is -0.0383. The maximum absolute atomic E-state index is 12.7. The largest absolute Gasteiger partial charge is 0.497 e. The van der Waals surface area contributed by atoms with Gasteiger partial charge in [0.2, 0.25) is 5.91 Å². The first-order chi connectivity index (χ1) is 15.2. The molecular weight excluding hydrogens is 388 g/mol. The maximum atomic E-state index is 12.7. The van der Waals surface area contributed by atoms with Gasteiger partial charge in [0, 0.05) is 24.0 Å². The molecule has 1 heterocycles. The van der Waals surface area contributed by atoms with Crippen LogP contribution in [0.2, 0.25) is 0 Å². The number of hydrogen-bond donors (Lipinski definition) is 1. The zero-order chi connectivity index (χ0) is 21.5. The number of ether oxygens (including phenoxy) is 1. The van der Waals surface area contributed by atoms with E-state index in [9.17, 15) is 4.79 Å². The Hall–Kier alpha value is -3.86. The number of amides is 1. The van der Waals surface area contributed by atoms with Gasteiger partial charge in [0.25, 0.3) is 0 Å². The maximum Gasteiger partial charge on any atom is 0.221 e. The molecule has 0 spiro atoms. The molecule has 0 saturated heterocycles. The van der Waals surface area contributed by atoms with E-state index in [0.717, 1.165) is 22.4 Å². The van der Waals surface area contributed by atoms with E-state index in [1.54, 1.807) is 7.11 Å². The van der Waals surface area contributed by atoms with E-state index in [0.29, 0.717) is 24.4 Å². The molecule has 1 aromatic heterocycles. The van der Waals surface area contributed by atoms with Crippen molar-refractivity contribution in [2.45, 2.75) is 18.9 Å². The van der Waals surface area contributed by atoms with Gasteiger partial charge in [-0.05, 0) is 23.3 Å². The number of benzene rings is 3. The fraction of sp³-hybridized carbons (Fsp3) is 0.154. The third-order valence-corrected chi connectivity index (χ3v) is 5.17. The molecule has 0 saturated carbocycles. The van der Waals surface area contributed by atoms with Crippen LogP contribution in [0.25, 0.3) is 11.3 Å². The van der Waals surface area contributed by atoms with Crippen LogP contribution in [-0.4, -0.2) is 18.2 Å². The van der Waals surface area contributed by atoms with Crippen LogP contribution in [0.15, 0.2) is 95.5 Å². The van der Waals surface area contributed by atoms with Gasteiger partial charge in [-0.1, -0.05) is 78.0 Å². The molecule has 156 valence electrons. The van der Waals surface area contributed by atoms with Gasteiger partial charge in [-0.15, -0.1) is 0 Å². The Kier molecular flexibility index (Phi) is 6.43. The van der Waals surface area contributed by atoms with E-state index in [4.69, 9.17) is 9.26 Å². The minimum absolute atomic E-state index is 0.00736. The summed E-state index contributed by atoms with van der Waals surface area (Å²) in [6.07, 6.45) is 0.356. The topological polar surface area (TPSA) is 64.4 Å². The molecule has 0 aliphatic heterocycles. The van der Waals surface area contributed by atoms with Gasteiger partial charge in [-0.2, -0.15) is 0 Å². The summed E-state index contributed by atoms with van der Waals surface area (Å²) in [7, 11) is 1.62. The molecule has 4 rings (SSSR count). The zero-order valence-corrected chi connectivity index (χ0v) is 17.3. The van der Waals surface area contributed by atoms with Crippen molar-refractivity contribution in [3.8, 4) is 17.1 Å². The highest BCUT2D eigenvalue weighted by atomic mass is 16.5. The monoisotopic (exact) mass is 412 g/mol. The lowest BCUT2D eigenvalue weighted by Gasteiger charge is -2.17. The van der Waals surface area contributed by atoms with Gasteiger partial charge in [0.15, 0.2) is 5.76 Å². The van der Waals surface area contributed by atoms with Crippen LogP contribution < -0.4 is 10.1 Å². The van der Waals surface area contributed by atoms with Crippen LogP contribution in [0.4, 0.5) is 0 Å². The summed E-state index contributed by atoms with van der Waals surface area (Å²) in [5.41, 5.74) is 3.77. The molecule has 0 bridgehead atoms. The Morgan fingerprint density at radius 2 is 1.61 bits per heavy atom. The molecule has 0 unspecified atom stereocenters. The van der Waals surface area contributed by atoms with Crippen LogP contribution in [0.1, 0.15) is 29.2 Å². The molecule has 0 aliphatic rings. The normalized spacial score (nSPS) is 10.8. The fourth-order valence-electron chi connectivity index (χ4n) is 3.55. The smallest absolute Gasteiger partial charge is 0.221 e. The first-order valence-electron chi connectivity index (χ1n) is 10.2. The molecule has 1 amide bonds. The molecule has 1 N–H and O–H groups in total. The molecule has 3 aromatic carbocycles. The number of carbonyl (C=O) groups excluding carboxylic acids is 1. The number of methoxy groups -OCH3 is 1. The van der Waals surface area contributed by atoms with Crippen LogP contribution >= 0.6 is 0 Å². The summed E-state index contributed by atoms with van der Waals surface area (Å²) in [5, 5.41) is 7.06. The number of aromatic nitrogens is 1. The highest BCUT2D eigenvalue weighted by Gasteiger charge is 2.18. The summed E-state index contributed by atoms with van der Waals surface area (Å²) in [4.78, 5) is 12.7. The van der Waals surface area contributed by atoms with E-state index in [1.165, 1.54) is 0 Å².